The molecule has 37 heavy (non-hydrogen) atoms. The summed E-state index contributed by atoms with van der Waals surface area (Å²) in [7, 11) is 0. The number of aromatic nitrogens is 6. The van der Waals surface area contributed by atoms with E-state index < -0.39 is 11.7 Å². The third kappa shape index (κ3) is 4.00. The summed E-state index contributed by atoms with van der Waals surface area (Å²) in [5.41, 5.74) is 3.22. The Bertz CT molecular complexity index is 1500. The van der Waals surface area contributed by atoms with Crippen molar-refractivity contribution >= 4 is 29.2 Å². The van der Waals surface area contributed by atoms with Gasteiger partial charge in [-0.05, 0) is 18.1 Å². The lowest BCUT2D eigenvalue weighted by molar-refractivity contribution is -0.116. The highest BCUT2D eigenvalue weighted by molar-refractivity contribution is 6.04. The SMILES string of the molecule is C=C(F)C(=O)N1CCC(N2Cc3cnc(Nc4cnn(CCO)c4)nc3-n3ccnc32)c2ccccc21. The number of carbonyl (C=O) groups excluding carboxylic acids is 1. The number of imidazole rings is 1. The van der Waals surface area contributed by atoms with Crippen LogP contribution < -0.4 is 15.1 Å². The van der Waals surface area contributed by atoms with E-state index in [1.54, 1.807) is 29.5 Å². The standard InChI is InChI=1S/C25H24FN9O2/c1-16(26)23(37)33-8-6-21(19-4-2-3-5-20(19)33)35-14-17-12-28-24(30-18-13-29-32(15-18)10-11-36)31-22(17)34-9-7-27-25(34)35/h2-5,7,9,12-13,15,21,36H,1,6,8,10-11,14H2,(H,28,30,31). The van der Waals surface area contributed by atoms with Crippen LogP contribution in [-0.4, -0.2) is 53.5 Å². The Morgan fingerprint density at radius 1 is 1.24 bits per heavy atom. The van der Waals surface area contributed by atoms with Crippen LogP contribution in [-0.2, 0) is 17.9 Å². The van der Waals surface area contributed by atoms with E-state index in [4.69, 9.17) is 10.1 Å². The van der Waals surface area contributed by atoms with E-state index >= 15 is 0 Å². The number of fused-ring (bicyclic) bond motifs is 4. The summed E-state index contributed by atoms with van der Waals surface area (Å²) in [5, 5.41) is 16.4. The van der Waals surface area contributed by atoms with Gasteiger partial charge in [-0.2, -0.15) is 10.1 Å². The average Bonchev–Trinajstić information content (AvgIpc) is 3.58. The van der Waals surface area contributed by atoms with Gasteiger partial charge in [0.1, 0.15) is 5.82 Å². The minimum Gasteiger partial charge on any atom is -0.394 e. The molecule has 2 aliphatic heterocycles. The second-order valence-corrected chi connectivity index (χ2v) is 8.83. The molecular formula is C25H24FN9O2. The number of aliphatic hydroxyl groups excluding tert-OH is 1. The monoisotopic (exact) mass is 501 g/mol. The molecule has 0 fully saturated rings. The van der Waals surface area contributed by atoms with Crippen LogP contribution in [0.3, 0.4) is 0 Å². The van der Waals surface area contributed by atoms with Gasteiger partial charge in [0, 0.05) is 42.6 Å². The summed E-state index contributed by atoms with van der Waals surface area (Å²) in [5.74, 6) is 0.171. The predicted molar refractivity (Wildman–Crippen MR) is 134 cm³/mol. The number of hydrogen-bond donors (Lipinski definition) is 2. The smallest absolute Gasteiger partial charge is 0.286 e. The van der Waals surface area contributed by atoms with E-state index in [0.717, 1.165) is 22.9 Å². The highest BCUT2D eigenvalue weighted by atomic mass is 19.1. The zero-order valence-corrected chi connectivity index (χ0v) is 19.8. The van der Waals surface area contributed by atoms with Crippen LogP contribution in [0.2, 0.25) is 0 Å². The van der Waals surface area contributed by atoms with Gasteiger partial charge >= 0.3 is 0 Å². The fourth-order valence-electron chi connectivity index (χ4n) is 4.96. The molecule has 0 bridgehead atoms. The Morgan fingerprint density at radius 3 is 2.95 bits per heavy atom. The number of para-hydroxylation sites is 1. The number of nitrogens with one attached hydrogen (secondary N) is 1. The molecule has 4 aromatic rings. The largest absolute Gasteiger partial charge is 0.394 e. The van der Waals surface area contributed by atoms with E-state index in [1.807, 2.05) is 35.0 Å². The Kier molecular flexibility index (Phi) is 5.64. The number of aliphatic hydroxyl groups is 1. The molecule has 6 rings (SSSR count). The maximum atomic E-state index is 13.7. The van der Waals surface area contributed by atoms with E-state index in [-0.39, 0.29) is 12.6 Å². The summed E-state index contributed by atoms with van der Waals surface area (Å²) in [6.45, 7) is 4.47. The second kappa shape index (κ2) is 9.13. The molecule has 188 valence electrons. The normalized spacial score (nSPS) is 16.1. The molecule has 0 aliphatic carbocycles. The van der Waals surface area contributed by atoms with Crippen molar-refractivity contribution in [2.75, 3.05) is 28.3 Å². The van der Waals surface area contributed by atoms with Gasteiger partial charge in [-0.25, -0.2) is 14.4 Å². The number of carbonyl (C=O) groups is 1. The fraction of sp³-hybridized carbons (Fsp3) is 0.240. The lowest BCUT2D eigenvalue weighted by Gasteiger charge is -2.42. The van der Waals surface area contributed by atoms with Gasteiger partial charge in [-0.3, -0.25) is 14.0 Å². The van der Waals surface area contributed by atoms with Crippen LogP contribution >= 0.6 is 0 Å². The zero-order valence-electron chi connectivity index (χ0n) is 19.8. The van der Waals surface area contributed by atoms with Crippen molar-refractivity contribution in [3.8, 4) is 5.82 Å². The average molecular weight is 502 g/mol. The van der Waals surface area contributed by atoms with Crippen LogP contribution in [0.15, 0.2) is 67.7 Å². The molecule has 1 amide bonds. The molecule has 1 atom stereocenters. The third-order valence-electron chi connectivity index (χ3n) is 6.57. The highest BCUT2D eigenvalue weighted by Gasteiger charge is 2.36. The highest BCUT2D eigenvalue weighted by Crippen LogP contribution is 2.42. The summed E-state index contributed by atoms with van der Waals surface area (Å²) in [6, 6.07) is 7.46. The predicted octanol–water partition coefficient (Wildman–Crippen LogP) is 2.88. The maximum Gasteiger partial charge on any atom is 0.286 e. The number of halogens is 1. The van der Waals surface area contributed by atoms with Crippen molar-refractivity contribution in [2.24, 2.45) is 0 Å². The van der Waals surface area contributed by atoms with Crippen LogP contribution in [0.4, 0.5) is 27.7 Å². The second-order valence-electron chi connectivity index (χ2n) is 8.83. The van der Waals surface area contributed by atoms with Gasteiger partial charge in [0.15, 0.2) is 5.83 Å². The van der Waals surface area contributed by atoms with Crippen molar-refractivity contribution in [3.63, 3.8) is 0 Å². The lowest BCUT2D eigenvalue weighted by Crippen LogP contribution is -2.42. The number of nitrogens with zero attached hydrogens (tertiary/aromatic N) is 8. The Morgan fingerprint density at radius 2 is 2.11 bits per heavy atom. The van der Waals surface area contributed by atoms with E-state index in [1.165, 1.54) is 4.90 Å². The molecule has 0 spiro atoms. The van der Waals surface area contributed by atoms with E-state index in [2.05, 4.69) is 31.9 Å². The van der Waals surface area contributed by atoms with Gasteiger partial charge in [-0.1, -0.05) is 24.8 Å². The van der Waals surface area contributed by atoms with Gasteiger partial charge in [-0.15, -0.1) is 0 Å². The summed E-state index contributed by atoms with van der Waals surface area (Å²) >= 11 is 0. The number of rotatable bonds is 6. The third-order valence-corrected chi connectivity index (χ3v) is 6.57. The van der Waals surface area contributed by atoms with Crippen molar-refractivity contribution in [1.82, 2.24) is 29.3 Å². The maximum absolute atomic E-state index is 13.7. The van der Waals surface area contributed by atoms with Gasteiger partial charge < -0.3 is 20.2 Å². The number of anilines is 4. The zero-order chi connectivity index (χ0) is 25.5. The first-order chi connectivity index (χ1) is 18.0. The minimum atomic E-state index is -0.974. The molecule has 0 saturated heterocycles. The van der Waals surface area contributed by atoms with Crippen LogP contribution in [0, 0.1) is 0 Å². The summed E-state index contributed by atoms with van der Waals surface area (Å²) in [6.07, 6.45) is 9.38. The summed E-state index contributed by atoms with van der Waals surface area (Å²) in [4.78, 5) is 29.9. The molecule has 2 N–H and O–H groups in total. The van der Waals surface area contributed by atoms with Crippen molar-refractivity contribution < 1.29 is 14.3 Å². The first-order valence-electron chi connectivity index (χ1n) is 11.9. The number of hydrogen-bond acceptors (Lipinski definition) is 8. The Labute approximate surface area is 211 Å². The number of benzene rings is 1. The van der Waals surface area contributed by atoms with Gasteiger partial charge in [0.05, 0.1) is 37.6 Å². The molecule has 12 heteroatoms. The van der Waals surface area contributed by atoms with E-state index in [0.29, 0.717) is 43.4 Å². The van der Waals surface area contributed by atoms with Gasteiger partial charge in [0.25, 0.3) is 5.91 Å². The van der Waals surface area contributed by atoms with Crippen LogP contribution in [0.1, 0.15) is 23.6 Å². The van der Waals surface area contributed by atoms with E-state index in [9.17, 15) is 9.18 Å². The molecular weight excluding hydrogens is 477 g/mol. The van der Waals surface area contributed by atoms with Crippen molar-refractivity contribution in [2.45, 2.75) is 25.6 Å². The number of amides is 1. The van der Waals surface area contributed by atoms with Gasteiger partial charge in [0.2, 0.25) is 11.9 Å². The van der Waals surface area contributed by atoms with Crippen molar-refractivity contribution in [3.05, 3.63) is 78.8 Å². The molecule has 2 aliphatic rings. The topological polar surface area (TPSA) is 117 Å². The Balaban J connectivity index is 1.31. The van der Waals surface area contributed by atoms with Crippen LogP contribution in [0.5, 0.6) is 0 Å². The summed E-state index contributed by atoms with van der Waals surface area (Å²) < 4.78 is 17.3. The molecule has 11 nitrogen and oxygen atoms in total. The lowest BCUT2D eigenvalue weighted by atomic mass is 9.94. The Hall–Kier alpha value is -4.58. The molecule has 3 aromatic heterocycles. The first kappa shape index (κ1) is 22.9. The molecule has 0 radical (unpaired) electrons. The molecule has 5 heterocycles. The first-order valence-corrected chi connectivity index (χ1v) is 11.9. The minimum absolute atomic E-state index is 0.00131. The fourth-order valence-corrected chi connectivity index (χ4v) is 4.96. The van der Waals surface area contributed by atoms with Crippen molar-refractivity contribution in [1.29, 1.82) is 0 Å². The molecule has 1 aromatic carbocycles. The quantitative estimate of drug-likeness (QED) is 0.388. The van der Waals surface area contributed by atoms with Crippen LogP contribution in [0.25, 0.3) is 5.82 Å². The molecule has 1 unspecified atom stereocenters. The molecule has 0 saturated carbocycles.